The van der Waals surface area contributed by atoms with Gasteiger partial charge in [0, 0.05) is 11.4 Å². The second-order valence-corrected chi connectivity index (χ2v) is 6.78. The van der Waals surface area contributed by atoms with Crippen LogP contribution in [-0.2, 0) is 10.0 Å². The van der Waals surface area contributed by atoms with Crippen molar-refractivity contribution in [1.82, 2.24) is 14.9 Å². The molecular weight excluding hydrogens is 306 g/mol. The second kappa shape index (κ2) is 6.51. The topological polar surface area (TPSA) is 74.8 Å². The van der Waals surface area contributed by atoms with E-state index in [1.807, 2.05) is 0 Å². The van der Waals surface area contributed by atoms with Crippen molar-refractivity contribution in [3.05, 3.63) is 12.3 Å². The van der Waals surface area contributed by atoms with Gasteiger partial charge in [-0.05, 0) is 12.0 Å². The summed E-state index contributed by atoms with van der Waals surface area (Å²) >= 11 is 3.53. The van der Waals surface area contributed by atoms with Gasteiger partial charge in [0.05, 0.1) is 6.20 Å². The van der Waals surface area contributed by atoms with E-state index >= 15 is 0 Å². The minimum Gasteiger partial charge on any atom is -0.266 e. The van der Waals surface area contributed by atoms with Crippen LogP contribution >= 0.6 is 15.9 Å². The largest absolute Gasteiger partial charge is 0.266 e. The van der Waals surface area contributed by atoms with Crippen molar-refractivity contribution >= 4 is 26.0 Å². The maximum Gasteiger partial charge on any atom is 0.257 e. The molecule has 1 atom stereocenters. The molecule has 0 aliphatic heterocycles. The standard InChI is InChI=1S/C10H18BrN3O2S/c1-3-8(4-2)9(11)7-13-17(15,16)10-5-6-12-14-10/h5-6,8-9,13H,3-4,7H2,1-2H3,(H,12,14). The lowest BCUT2D eigenvalue weighted by molar-refractivity contribution is 0.470. The van der Waals surface area contributed by atoms with Crippen LogP contribution < -0.4 is 4.72 Å². The van der Waals surface area contributed by atoms with E-state index in [0.717, 1.165) is 12.8 Å². The van der Waals surface area contributed by atoms with Gasteiger partial charge < -0.3 is 0 Å². The van der Waals surface area contributed by atoms with Crippen LogP contribution in [-0.4, -0.2) is 30.0 Å². The SMILES string of the molecule is CCC(CC)C(Br)CNS(=O)(=O)c1ccn[nH]1. The van der Waals surface area contributed by atoms with E-state index in [2.05, 4.69) is 44.7 Å². The van der Waals surface area contributed by atoms with Crippen LogP contribution in [0.25, 0.3) is 0 Å². The number of hydrogen-bond donors (Lipinski definition) is 2. The lowest BCUT2D eigenvalue weighted by Crippen LogP contribution is -2.33. The van der Waals surface area contributed by atoms with Crippen molar-refractivity contribution in [1.29, 1.82) is 0 Å². The number of aromatic nitrogens is 2. The fraction of sp³-hybridized carbons (Fsp3) is 0.700. The molecule has 1 aromatic heterocycles. The van der Waals surface area contributed by atoms with Gasteiger partial charge in [0.25, 0.3) is 10.0 Å². The number of nitrogens with zero attached hydrogens (tertiary/aromatic N) is 1. The summed E-state index contributed by atoms with van der Waals surface area (Å²) in [6.07, 6.45) is 3.47. The van der Waals surface area contributed by atoms with E-state index in [1.165, 1.54) is 12.3 Å². The molecule has 0 aliphatic rings. The lowest BCUT2D eigenvalue weighted by Gasteiger charge is -2.19. The molecule has 0 bridgehead atoms. The second-order valence-electron chi connectivity index (χ2n) is 3.87. The summed E-state index contributed by atoms with van der Waals surface area (Å²) in [7, 11) is -3.46. The Morgan fingerprint density at radius 3 is 2.59 bits per heavy atom. The van der Waals surface area contributed by atoms with Gasteiger partial charge in [0.2, 0.25) is 0 Å². The van der Waals surface area contributed by atoms with E-state index in [-0.39, 0.29) is 9.85 Å². The van der Waals surface area contributed by atoms with Crippen LogP contribution in [0.3, 0.4) is 0 Å². The molecule has 0 amide bonds. The van der Waals surface area contributed by atoms with Crippen molar-refractivity contribution in [2.24, 2.45) is 5.92 Å². The Morgan fingerprint density at radius 2 is 2.12 bits per heavy atom. The number of H-pyrrole nitrogens is 1. The van der Waals surface area contributed by atoms with E-state index in [0.29, 0.717) is 12.5 Å². The van der Waals surface area contributed by atoms with Gasteiger partial charge in [-0.1, -0.05) is 42.6 Å². The third-order valence-electron chi connectivity index (χ3n) is 2.79. The molecule has 2 N–H and O–H groups in total. The molecule has 0 aliphatic carbocycles. The number of aromatic amines is 1. The third kappa shape index (κ3) is 4.08. The Bertz CT molecular complexity index is 415. The zero-order valence-corrected chi connectivity index (χ0v) is 12.4. The van der Waals surface area contributed by atoms with Crippen molar-refractivity contribution in [3.8, 4) is 0 Å². The number of alkyl halides is 1. The fourth-order valence-corrected chi connectivity index (χ4v) is 3.72. The van der Waals surface area contributed by atoms with Gasteiger partial charge in [-0.15, -0.1) is 0 Å². The molecular formula is C10H18BrN3O2S. The predicted molar refractivity (Wildman–Crippen MR) is 70.6 cm³/mol. The third-order valence-corrected chi connectivity index (χ3v) is 5.22. The summed E-state index contributed by atoms with van der Waals surface area (Å²) in [5, 5.41) is 6.17. The Balaban J connectivity index is 2.56. The van der Waals surface area contributed by atoms with E-state index < -0.39 is 10.0 Å². The van der Waals surface area contributed by atoms with Gasteiger partial charge in [-0.25, -0.2) is 13.1 Å². The first-order chi connectivity index (χ1) is 8.01. The van der Waals surface area contributed by atoms with Crippen molar-refractivity contribution in [2.75, 3.05) is 6.54 Å². The molecule has 0 spiro atoms. The highest BCUT2D eigenvalue weighted by Crippen LogP contribution is 2.19. The molecule has 5 nitrogen and oxygen atoms in total. The highest BCUT2D eigenvalue weighted by Gasteiger charge is 2.20. The van der Waals surface area contributed by atoms with Crippen molar-refractivity contribution in [2.45, 2.75) is 36.5 Å². The van der Waals surface area contributed by atoms with Gasteiger partial charge in [0.15, 0.2) is 5.03 Å². The van der Waals surface area contributed by atoms with Gasteiger partial charge >= 0.3 is 0 Å². The van der Waals surface area contributed by atoms with Gasteiger partial charge in [0.1, 0.15) is 0 Å². The molecule has 98 valence electrons. The number of sulfonamides is 1. The maximum absolute atomic E-state index is 11.8. The molecule has 0 saturated carbocycles. The molecule has 0 radical (unpaired) electrons. The average molecular weight is 324 g/mol. The van der Waals surface area contributed by atoms with E-state index in [9.17, 15) is 8.42 Å². The predicted octanol–water partition coefficient (Wildman–Crippen LogP) is 1.89. The number of halogens is 1. The summed E-state index contributed by atoms with van der Waals surface area (Å²) in [6.45, 7) is 4.59. The minimum atomic E-state index is -3.46. The van der Waals surface area contributed by atoms with Crippen LogP contribution in [0.5, 0.6) is 0 Å². The smallest absolute Gasteiger partial charge is 0.257 e. The molecule has 1 unspecified atom stereocenters. The quantitative estimate of drug-likeness (QED) is 0.752. The lowest BCUT2D eigenvalue weighted by atomic mass is 10.00. The summed E-state index contributed by atoms with van der Waals surface area (Å²) < 4.78 is 26.2. The van der Waals surface area contributed by atoms with Gasteiger partial charge in [-0.3, -0.25) is 5.10 Å². The first kappa shape index (κ1) is 14.7. The molecule has 1 rings (SSSR count). The van der Waals surface area contributed by atoms with Crippen LogP contribution in [0.2, 0.25) is 0 Å². The Labute approximate surface area is 111 Å². The summed E-state index contributed by atoms with van der Waals surface area (Å²) in [5.74, 6) is 0.472. The van der Waals surface area contributed by atoms with Crippen LogP contribution in [0.15, 0.2) is 17.3 Å². The minimum absolute atomic E-state index is 0.0988. The van der Waals surface area contributed by atoms with Gasteiger partial charge in [-0.2, -0.15) is 5.10 Å². The van der Waals surface area contributed by atoms with E-state index in [1.54, 1.807) is 0 Å². The zero-order chi connectivity index (χ0) is 12.9. The number of nitrogens with one attached hydrogen (secondary N) is 2. The first-order valence-corrected chi connectivity index (χ1v) is 8.04. The molecule has 7 heteroatoms. The van der Waals surface area contributed by atoms with Crippen LogP contribution in [0, 0.1) is 5.92 Å². The first-order valence-electron chi connectivity index (χ1n) is 5.64. The summed E-state index contributed by atoms with van der Waals surface area (Å²) in [4.78, 5) is 0.148. The Kier molecular flexibility index (Phi) is 5.61. The normalized spacial score (nSPS) is 14.1. The van der Waals surface area contributed by atoms with Crippen LogP contribution in [0.1, 0.15) is 26.7 Å². The fourth-order valence-electron chi connectivity index (χ4n) is 1.63. The summed E-state index contributed by atoms with van der Waals surface area (Å²) in [5.41, 5.74) is 0. The molecule has 17 heavy (non-hydrogen) atoms. The Morgan fingerprint density at radius 1 is 1.47 bits per heavy atom. The Hall–Kier alpha value is -0.400. The molecule has 0 saturated heterocycles. The van der Waals surface area contributed by atoms with Crippen molar-refractivity contribution < 1.29 is 8.42 Å². The molecule has 0 fully saturated rings. The van der Waals surface area contributed by atoms with E-state index in [4.69, 9.17) is 0 Å². The number of rotatable bonds is 7. The monoisotopic (exact) mass is 323 g/mol. The highest BCUT2D eigenvalue weighted by molar-refractivity contribution is 9.09. The van der Waals surface area contributed by atoms with Crippen molar-refractivity contribution in [3.63, 3.8) is 0 Å². The highest BCUT2D eigenvalue weighted by atomic mass is 79.9. The summed E-state index contributed by atoms with van der Waals surface area (Å²) in [6, 6.07) is 1.43. The molecule has 0 aromatic carbocycles. The van der Waals surface area contributed by atoms with Crippen LogP contribution in [0.4, 0.5) is 0 Å². The number of hydrogen-bond acceptors (Lipinski definition) is 3. The average Bonchev–Trinajstić information content (AvgIpc) is 2.82. The molecule has 1 aromatic rings. The molecule has 1 heterocycles. The zero-order valence-electron chi connectivity index (χ0n) is 9.98. The maximum atomic E-state index is 11.8.